The Morgan fingerprint density at radius 3 is 2.58 bits per heavy atom. The molecule has 5 nitrogen and oxygen atoms in total. The molecule has 1 aromatic heterocycles. The van der Waals surface area contributed by atoms with E-state index in [0.717, 1.165) is 9.86 Å². The number of ether oxygens (including phenoxy) is 1. The van der Waals surface area contributed by atoms with Crippen molar-refractivity contribution >= 4 is 67.7 Å². The second-order valence-electron chi connectivity index (χ2n) is 5.42. The van der Waals surface area contributed by atoms with Crippen LogP contribution in [-0.2, 0) is 9.53 Å². The van der Waals surface area contributed by atoms with Gasteiger partial charge in [0.2, 0.25) is 5.76 Å². The Balaban J connectivity index is 1.69. The summed E-state index contributed by atoms with van der Waals surface area (Å²) in [5.74, 6) is -1.23. The number of aryl methyl sites for hydroxylation is 1. The minimum Gasteiger partial charge on any atom is -0.450 e. The quantitative estimate of drug-likeness (QED) is 0.518. The average Bonchev–Trinajstić information content (AvgIpc) is 2.93. The fourth-order valence-corrected chi connectivity index (χ4v) is 3.23. The fraction of sp³-hybridized carbons (Fsp3) is 0.111. The lowest BCUT2D eigenvalue weighted by Gasteiger charge is -2.09. The molecule has 8 heteroatoms. The average molecular weight is 457 g/mol. The van der Waals surface area contributed by atoms with Gasteiger partial charge < -0.3 is 14.5 Å². The molecular weight excluding hydrogens is 445 g/mol. The van der Waals surface area contributed by atoms with Gasteiger partial charge >= 0.3 is 5.97 Å². The van der Waals surface area contributed by atoms with Gasteiger partial charge in [0.1, 0.15) is 5.58 Å². The van der Waals surface area contributed by atoms with E-state index in [-0.39, 0.29) is 21.5 Å². The van der Waals surface area contributed by atoms with Crippen LogP contribution in [-0.4, -0.2) is 18.5 Å². The van der Waals surface area contributed by atoms with Crippen molar-refractivity contribution in [1.82, 2.24) is 0 Å². The Labute approximate surface area is 167 Å². The largest absolute Gasteiger partial charge is 0.450 e. The third-order valence-electron chi connectivity index (χ3n) is 3.65. The van der Waals surface area contributed by atoms with Crippen LogP contribution in [0.15, 0.2) is 45.3 Å². The van der Waals surface area contributed by atoms with Gasteiger partial charge in [0.15, 0.2) is 6.61 Å². The molecule has 0 saturated heterocycles. The third kappa shape index (κ3) is 3.87. The van der Waals surface area contributed by atoms with Crippen LogP contribution in [0.5, 0.6) is 0 Å². The zero-order valence-corrected chi connectivity index (χ0v) is 16.5. The van der Waals surface area contributed by atoms with E-state index < -0.39 is 18.5 Å². The number of furan rings is 1. The lowest BCUT2D eigenvalue weighted by molar-refractivity contribution is -0.119. The lowest BCUT2D eigenvalue weighted by Crippen LogP contribution is -2.21. The van der Waals surface area contributed by atoms with Gasteiger partial charge in [-0.3, -0.25) is 4.79 Å². The summed E-state index contributed by atoms with van der Waals surface area (Å²) >= 11 is 15.3. The summed E-state index contributed by atoms with van der Waals surface area (Å²) in [5, 5.41) is 3.88. The van der Waals surface area contributed by atoms with Gasteiger partial charge in [-0.1, -0.05) is 45.2 Å². The topological polar surface area (TPSA) is 68.5 Å². The zero-order chi connectivity index (χ0) is 18.8. The minimum atomic E-state index is -0.727. The van der Waals surface area contributed by atoms with Gasteiger partial charge in [0, 0.05) is 15.4 Å². The van der Waals surface area contributed by atoms with E-state index in [1.807, 2.05) is 6.07 Å². The van der Waals surface area contributed by atoms with Crippen molar-refractivity contribution in [3.05, 3.63) is 62.2 Å². The van der Waals surface area contributed by atoms with E-state index in [1.54, 1.807) is 37.3 Å². The molecule has 0 spiro atoms. The molecule has 3 aromatic rings. The van der Waals surface area contributed by atoms with Crippen molar-refractivity contribution in [3.8, 4) is 0 Å². The predicted octanol–water partition coefficient (Wildman–Crippen LogP) is 5.61. The highest BCUT2D eigenvalue weighted by molar-refractivity contribution is 9.10. The van der Waals surface area contributed by atoms with Gasteiger partial charge in [-0.15, -0.1) is 0 Å². The Morgan fingerprint density at radius 2 is 1.88 bits per heavy atom. The third-order valence-corrected chi connectivity index (χ3v) is 4.77. The van der Waals surface area contributed by atoms with Crippen LogP contribution in [0, 0.1) is 6.92 Å². The molecule has 26 heavy (non-hydrogen) atoms. The van der Waals surface area contributed by atoms with Crippen LogP contribution >= 0.6 is 39.1 Å². The molecule has 0 saturated carbocycles. The van der Waals surface area contributed by atoms with Crippen LogP contribution in [0.4, 0.5) is 5.69 Å². The summed E-state index contributed by atoms with van der Waals surface area (Å²) in [5.41, 5.74) is 1.47. The number of esters is 1. The number of amides is 1. The summed E-state index contributed by atoms with van der Waals surface area (Å²) in [6, 6.07) is 10.2. The van der Waals surface area contributed by atoms with Crippen LogP contribution in [0.2, 0.25) is 10.0 Å². The summed E-state index contributed by atoms with van der Waals surface area (Å²) in [4.78, 5) is 24.3. The zero-order valence-electron chi connectivity index (χ0n) is 13.4. The first-order chi connectivity index (χ1) is 12.4. The first-order valence-corrected chi connectivity index (χ1v) is 9.01. The van der Waals surface area contributed by atoms with Crippen molar-refractivity contribution in [1.29, 1.82) is 0 Å². The molecule has 0 aliphatic rings. The Bertz CT molecular complexity index is 996. The van der Waals surface area contributed by atoms with Crippen molar-refractivity contribution in [2.45, 2.75) is 6.92 Å². The Hall–Kier alpha value is -2.02. The van der Waals surface area contributed by atoms with Crippen molar-refractivity contribution < 1.29 is 18.7 Å². The number of carbonyl (C=O) groups is 2. The number of benzene rings is 2. The van der Waals surface area contributed by atoms with E-state index in [1.165, 1.54) is 0 Å². The highest BCUT2D eigenvalue weighted by Crippen LogP contribution is 2.30. The van der Waals surface area contributed by atoms with Crippen molar-refractivity contribution in [3.63, 3.8) is 0 Å². The standard InChI is InChI=1S/C18H12BrCl2NO4/c1-9-11-7-10(19)5-6-14(11)26-17(9)18(24)25-8-15(23)22-16-12(20)3-2-4-13(16)21/h2-7H,8H2,1H3,(H,22,23). The summed E-state index contributed by atoms with van der Waals surface area (Å²) in [6.07, 6.45) is 0. The van der Waals surface area contributed by atoms with Crippen molar-refractivity contribution in [2.75, 3.05) is 11.9 Å². The molecule has 1 N–H and O–H groups in total. The number of anilines is 1. The Kier molecular flexibility index (Phi) is 5.55. The fourth-order valence-electron chi connectivity index (χ4n) is 2.38. The number of fused-ring (bicyclic) bond motifs is 1. The SMILES string of the molecule is Cc1c(C(=O)OCC(=O)Nc2c(Cl)cccc2Cl)oc2ccc(Br)cc12. The number of hydrogen-bond donors (Lipinski definition) is 1. The molecule has 0 aliphatic carbocycles. The molecule has 0 aliphatic heterocycles. The molecule has 2 aromatic carbocycles. The smallest absolute Gasteiger partial charge is 0.375 e. The molecule has 0 bridgehead atoms. The summed E-state index contributed by atoms with van der Waals surface area (Å²) in [7, 11) is 0. The van der Waals surface area contributed by atoms with E-state index in [4.69, 9.17) is 32.4 Å². The maximum Gasteiger partial charge on any atom is 0.375 e. The minimum absolute atomic E-state index is 0.0571. The molecule has 134 valence electrons. The number of halogens is 3. The van der Waals surface area contributed by atoms with Crippen LogP contribution in [0.25, 0.3) is 11.0 Å². The number of rotatable bonds is 4. The van der Waals surface area contributed by atoms with Gasteiger partial charge in [0.05, 0.1) is 15.7 Å². The van der Waals surface area contributed by atoms with Crippen LogP contribution < -0.4 is 5.32 Å². The van der Waals surface area contributed by atoms with E-state index in [0.29, 0.717) is 11.1 Å². The molecule has 0 fully saturated rings. The van der Waals surface area contributed by atoms with E-state index in [2.05, 4.69) is 21.2 Å². The molecule has 1 amide bonds. The van der Waals surface area contributed by atoms with Crippen LogP contribution in [0.3, 0.4) is 0 Å². The first kappa shape index (κ1) is 18.8. The molecule has 0 unspecified atom stereocenters. The Morgan fingerprint density at radius 1 is 1.19 bits per heavy atom. The highest BCUT2D eigenvalue weighted by Gasteiger charge is 2.20. The lowest BCUT2D eigenvalue weighted by atomic mass is 10.1. The summed E-state index contributed by atoms with van der Waals surface area (Å²) in [6.45, 7) is 1.25. The maximum absolute atomic E-state index is 12.3. The second-order valence-corrected chi connectivity index (χ2v) is 7.15. The van der Waals surface area contributed by atoms with E-state index in [9.17, 15) is 9.59 Å². The normalized spacial score (nSPS) is 10.8. The maximum atomic E-state index is 12.3. The van der Waals surface area contributed by atoms with Gasteiger partial charge in [-0.2, -0.15) is 0 Å². The molecule has 3 rings (SSSR count). The van der Waals surface area contributed by atoms with Crippen molar-refractivity contribution in [2.24, 2.45) is 0 Å². The number of para-hydroxylation sites is 1. The molecule has 0 radical (unpaired) electrons. The van der Waals surface area contributed by atoms with Gasteiger partial charge in [-0.05, 0) is 37.3 Å². The first-order valence-electron chi connectivity index (χ1n) is 7.46. The van der Waals surface area contributed by atoms with Gasteiger partial charge in [-0.25, -0.2) is 4.79 Å². The number of carbonyl (C=O) groups excluding carboxylic acids is 2. The van der Waals surface area contributed by atoms with Crippen LogP contribution in [0.1, 0.15) is 16.1 Å². The molecular formula is C18H12BrCl2NO4. The monoisotopic (exact) mass is 455 g/mol. The van der Waals surface area contributed by atoms with Gasteiger partial charge in [0.25, 0.3) is 5.91 Å². The predicted molar refractivity (Wildman–Crippen MR) is 104 cm³/mol. The second kappa shape index (κ2) is 7.70. The number of nitrogens with one attached hydrogen (secondary N) is 1. The van der Waals surface area contributed by atoms with E-state index >= 15 is 0 Å². The number of hydrogen-bond acceptors (Lipinski definition) is 4. The molecule has 0 atom stereocenters. The summed E-state index contributed by atoms with van der Waals surface area (Å²) < 4.78 is 11.4. The highest BCUT2D eigenvalue weighted by atomic mass is 79.9. The molecule has 1 heterocycles.